The zero-order valence-electron chi connectivity index (χ0n) is 13.8. The minimum atomic E-state index is 0.0251. The third-order valence-corrected chi connectivity index (χ3v) is 4.53. The lowest BCUT2D eigenvalue weighted by Gasteiger charge is -2.49. The number of rotatable bonds is 5. The summed E-state index contributed by atoms with van der Waals surface area (Å²) < 4.78 is 5.91. The van der Waals surface area contributed by atoms with Gasteiger partial charge in [-0.2, -0.15) is 0 Å². The number of hydrogen-bond donors (Lipinski definition) is 1. The molecule has 4 nitrogen and oxygen atoms in total. The molecule has 0 bridgehead atoms. The lowest BCUT2D eigenvalue weighted by atomic mass is 9.82. The monoisotopic (exact) mass is 291 g/mol. The molecule has 2 N–H and O–H groups in total. The van der Waals surface area contributed by atoms with Crippen molar-refractivity contribution in [3.63, 3.8) is 0 Å². The summed E-state index contributed by atoms with van der Waals surface area (Å²) in [5.41, 5.74) is 8.42. The van der Waals surface area contributed by atoms with Gasteiger partial charge in [0.1, 0.15) is 0 Å². The molecule has 0 aliphatic carbocycles. The smallest absolute Gasteiger partial charge is 0.0568 e. The quantitative estimate of drug-likeness (QED) is 0.905. The Labute approximate surface area is 128 Å². The molecule has 0 aromatic carbocycles. The van der Waals surface area contributed by atoms with Gasteiger partial charge in [-0.05, 0) is 52.3 Å². The van der Waals surface area contributed by atoms with E-state index in [0.717, 1.165) is 37.3 Å². The average molecular weight is 291 g/mol. The van der Waals surface area contributed by atoms with E-state index in [-0.39, 0.29) is 17.7 Å². The molecule has 2 heterocycles. The second kappa shape index (κ2) is 6.86. The predicted octanol–water partition coefficient (Wildman–Crippen LogP) is 2.50. The topological polar surface area (TPSA) is 51.4 Å². The van der Waals surface area contributed by atoms with Crippen LogP contribution in [0.15, 0.2) is 18.2 Å². The van der Waals surface area contributed by atoms with Crippen LogP contribution in [-0.2, 0) is 11.3 Å². The molecule has 21 heavy (non-hydrogen) atoms. The fraction of sp³-hybridized carbons (Fsp3) is 0.706. The van der Waals surface area contributed by atoms with Crippen LogP contribution in [-0.4, -0.2) is 40.7 Å². The largest absolute Gasteiger partial charge is 0.375 e. The average Bonchev–Trinajstić information content (AvgIpc) is 2.43. The van der Waals surface area contributed by atoms with Crippen LogP contribution < -0.4 is 5.73 Å². The van der Waals surface area contributed by atoms with Crippen molar-refractivity contribution in [3.05, 3.63) is 29.6 Å². The molecule has 1 aliphatic heterocycles. The predicted molar refractivity (Wildman–Crippen MR) is 86.1 cm³/mol. The molecule has 4 heteroatoms. The molecule has 1 aromatic heterocycles. The number of nitrogens with zero attached hydrogens (tertiary/aromatic N) is 2. The van der Waals surface area contributed by atoms with E-state index in [4.69, 9.17) is 10.5 Å². The number of pyridine rings is 1. The van der Waals surface area contributed by atoms with Gasteiger partial charge in [-0.3, -0.25) is 9.88 Å². The first kappa shape index (κ1) is 16.4. The maximum absolute atomic E-state index is 6.21. The van der Waals surface area contributed by atoms with Crippen molar-refractivity contribution in [2.24, 2.45) is 5.73 Å². The first-order valence-corrected chi connectivity index (χ1v) is 8.02. The zero-order valence-corrected chi connectivity index (χ0v) is 13.8. The molecule has 0 spiro atoms. The van der Waals surface area contributed by atoms with E-state index >= 15 is 0 Å². The van der Waals surface area contributed by atoms with Gasteiger partial charge in [0.2, 0.25) is 0 Å². The molecule has 1 saturated heterocycles. The molecular formula is C17H29N3O. The highest BCUT2D eigenvalue weighted by Crippen LogP contribution is 2.34. The molecule has 1 fully saturated rings. The van der Waals surface area contributed by atoms with Crippen LogP contribution in [0, 0.1) is 6.92 Å². The van der Waals surface area contributed by atoms with Gasteiger partial charge in [-0.1, -0.05) is 13.0 Å². The van der Waals surface area contributed by atoms with Gasteiger partial charge >= 0.3 is 0 Å². The normalized spacial score (nSPS) is 29.8. The number of aryl methyl sites for hydroxylation is 1. The summed E-state index contributed by atoms with van der Waals surface area (Å²) in [6.07, 6.45) is 2.51. The van der Waals surface area contributed by atoms with Gasteiger partial charge in [0.25, 0.3) is 0 Å². The Morgan fingerprint density at radius 1 is 1.33 bits per heavy atom. The first-order chi connectivity index (χ1) is 9.99. The van der Waals surface area contributed by atoms with Crippen molar-refractivity contribution in [2.45, 2.75) is 64.8 Å². The van der Waals surface area contributed by atoms with E-state index in [9.17, 15) is 0 Å². The van der Waals surface area contributed by atoms with Crippen LogP contribution in [0.4, 0.5) is 0 Å². The van der Waals surface area contributed by atoms with Crippen molar-refractivity contribution in [3.8, 4) is 0 Å². The summed E-state index contributed by atoms with van der Waals surface area (Å²) in [5, 5.41) is 0. The molecule has 0 radical (unpaired) electrons. The Kier molecular flexibility index (Phi) is 5.36. The Balaban J connectivity index is 2.21. The minimum Gasteiger partial charge on any atom is -0.375 e. The molecule has 0 amide bonds. The second-order valence-corrected chi connectivity index (χ2v) is 6.38. The summed E-state index contributed by atoms with van der Waals surface area (Å²) in [6, 6.07) is 6.22. The number of nitrogens with two attached hydrogens (primary N) is 1. The zero-order chi connectivity index (χ0) is 15.5. The molecule has 118 valence electrons. The van der Waals surface area contributed by atoms with E-state index in [0.29, 0.717) is 6.54 Å². The van der Waals surface area contributed by atoms with Crippen LogP contribution >= 0.6 is 0 Å². The fourth-order valence-corrected chi connectivity index (χ4v) is 3.70. The fourth-order valence-electron chi connectivity index (χ4n) is 3.70. The van der Waals surface area contributed by atoms with Crippen molar-refractivity contribution in [1.29, 1.82) is 0 Å². The Hall–Kier alpha value is -0.970. The Bertz CT molecular complexity index is 453. The second-order valence-electron chi connectivity index (χ2n) is 6.38. The summed E-state index contributed by atoms with van der Waals surface area (Å²) in [4.78, 5) is 7.14. The van der Waals surface area contributed by atoms with Crippen LogP contribution in [0.3, 0.4) is 0 Å². The van der Waals surface area contributed by atoms with Gasteiger partial charge in [0.05, 0.1) is 17.9 Å². The first-order valence-electron chi connectivity index (χ1n) is 8.02. The maximum Gasteiger partial charge on any atom is 0.0568 e. The number of hydrogen-bond acceptors (Lipinski definition) is 4. The van der Waals surface area contributed by atoms with Gasteiger partial charge < -0.3 is 10.5 Å². The molecule has 2 atom stereocenters. The maximum atomic E-state index is 6.21. The van der Waals surface area contributed by atoms with E-state index in [1.165, 1.54) is 0 Å². The van der Waals surface area contributed by atoms with E-state index < -0.39 is 0 Å². The molecular weight excluding hydrogens is 262 g/mol. The van der Waals surface area contributed by atoms with Crippen LogP contribution in [0.2, 0.25) is 0 Å². The van der Waals surface area contributed by atoms with Crippen LogP contribution in [0.5, 0.6) is 0 Å². The number of ether oxygens (including phenoxy) is 1. The van der Waals surface area contributed by atoms with Crippen molar-refractivity contribution >= 4 is 0 Å². The standard InChI is InChI=1S/C17H29N3O/c1-5-20(11-16-8-6-7-13(2)19-16)17(12-18)9-14(3)21-15(4)10-17/h6-8,14-15H,5,9-12,18H2,1-4H3. The molecule has 2 rings (SSSR count). The summed E-state index contributed by atoms with van der Waals surface area (Å²) in [6.45, 7) is 11.1. The summed E-state index contributed by atoms with van der Waals surface area (Å²) >= 11 is 0. The lowest BCUT2D eigenvalue weighted by Crippen LogP contribution is -2.59. The minimum absolute atomic E-state index is 0.0251. The molecule has 1 aromatic rings. The highest BCUT2D eigenvalue weighted by atomic mass is 16.5. The van der Waals surface area contributed by atoms with Gasteiger partial charge in [-0.15, -0.1) is 0 Å². The van der Waals surface area contributed by atoms with Crippen LogP contribution in [0.25, 0.3) is 0 Å². The van der Waals surface area contributed by atoms with Crippen molar-refractivity contribution in [1.82, 2.24) is 9.88 Å². The Morgan fingerprint density at radius 3 is 2.52 bits per heavy atom. The number of aromatic nitrogens is 1. The van der Waals surface area contributed by atoms with Gasteiger partial charge in [-0.25, -0.2) is 0 Å². The highest BCUT2D eigenvalue weighted by Gasteiger charge is 2.41. The Morgan fingerprint density at radius 2 is 2.00 bits per heavy atom. The molecule has 0 saturated carbocycles. The summed E-state index contributed by atoms with van der Waals surface area (Å²) in [7, 11) is 0. The van der Waals surface area contributed by atoms with Gasteiger partial charge in [0, 0.05) is 24.3 Å². The number of likely N-dealkylation sites (N-methyl/N-ethyl adjacent to an activating group) is 1. The van der Waals surface area contributed by atoms with Crippen molar-refractivity contribution < 1.29 is 4.74 Å². The van der Waals surface area contributed by atoms with E-state index in [1.807, 2.05) is 13.0 Å². The van der Waals surface area contributed by atoms with E-state index in [2.05, 4.69) is 42.8 Å². The van der Waals surface area contributed by atoms with E-state index in [1.54, 1.807) is 0 Å². The van der Waals surface area contributed by atoms with Crippen LogP contribution in [0.1, 0.15) is 45.0 Å². The molecule has 1 aliphatic rings. The SMILES string of the molecule is CCN(Cc1cccc(C)n1)C1(CN)CC(C)OC(C)C1. The lowest BCUT2D eigenvalue weighted by molar-refractivity contribution is -0.105. The molecule has 2 unspecified atom stereocenters. The highest BCUT2D eigenvalue weighted by molar-refractivity contribution is 5.11. The summed E-state index contributed by atoms with van der Waals surface area (Å²) in [5.74, 6) is 0. The third-order valence-electron chi connectivity index (χ3n) is 4.53. The van der Waals surface area contributed by atoms with Crippen molar-refractivity contribution in [2.75, 3.05) is 13.1 Å². The van der Waals surface area contributed by atoms with Gasteiger partial charge in [0.15, 0.2) is 0 Å². The third kappa shape index (κ3) is 3.82.